The highest BCUT2D eigenvalue weighted by Gasteiger charge is 2.21. The van der Waals surface area contributed by atoms with E-state index < -0.39 is 10.1 Å². The minimum absolute atomic E-state index is 0.0663. The van der Waals surface area contributed by atoms with E-state index in [9.17, 15) is 18.0 Å². The third-order valence-corrected chi connectivity index (χ3v) is 8.15. The molecule has 1 aliphatic rings. The van der Waals surface area contributed by atoms with Crippen molar-refractivity contribution in [1.29, 1.82) is 0 Å². The van der Waals surface area contributed by atoms with Crippen LogP contribution in [0.2, 0.25) is 0 Å². The lowest BCUT2D eigenvalue weighted by molar-refractivity contribution is -0.125. The third kappa shape index (κ3) is 10.8. The molecule has 0 saturated heterocycles. The van der Waals surface area contributed by atoms with Crippen LogP contribution in [-0.4, -0.2) is 73.0 Å². The largest absolute Gasteiger partial charge is 0.377 e. The molecule has 4 rings (SSSR count). The molecule has 11 heteroatoms. The lowest BCUT2D eigenvalue weighted by Crippen LogP contribution is -2.34. The van der Waals surface area contributed by atoms with Gasteiger partial charge in [0, 0.05) is 30.5 Å². The van der Waals surface area contributed by atoms with E-state index in [-0.39, 0.29) is 49.4 Å². The quantitative estimate of drug-likeness (QED) is 0.136. The fourth-order valence-corrected chi connectivity index (χ4v) is 5.32. The minimum atomic E-state index is -3.80. The molecule has 2 amide bonds. The first-order valence-electron chi connectivity index (χ1n) is 14.8. The molecule has 1 N–H and O–H groups in total. The van der Waals surface area contributed by atoms with Crippen molar-refractivity contribution in [3.8, 4) is 11.8 Å². The smallest absolute Gasteiger partial charge is 0.297 e. The molecule has 0 atom stereocenters. The molecule has 0 aliphatic carbocycles. The average Bonchev–Trinajstić information content (AvgIpc) is 3.03. The maximum Gasteiger partial charge on any atom is 0.297 e. The Morgan fingerprint density at radius 3 is 2.09 bits per heavy atom. The number of carbonyl (C=O) groups is 2. The van der Waals surface area contributed by atoms with Crippen LogP contribution in [0.4, 0.5) is 5.69 Å². The van der Waals surface area contributed by atoms with Gasteiger partial charge in [-0.2, -0.15) is 8.42 Å². The first-order chi connectivity index (χ1) is 21.8. The third-order valence-electron chi connectivity index (χ3n) is 6.83. The zero-order chi connectivity index (χ0) is 31.9. The van der Waals surface area contributed by atoms with Crippen LogP contribution in [0, 0.1) is 18.8 Å². The Bertz CT molecular complexity index is 1600. The number of amides is 2. The highest BCUT2D eigenvalue weighted by atomic mass is 32.2. The number of benzene rings is 3. The molecule has 3 aromatic carbocycles. The van der Waals surface area contributed by atoms with Gasteiger partial charge in [-0.05, 0) is 42.8 Å². The molecule has 0 fully saturated rings. The number of fused-ring (bicyclic) bond motifs is 2. The molecular weight excluding hydrogens is 596 g/mol. The Hall–Kier alpha value is -4.05. The number of nitrogens with one attached hydrogen (secondary N) is 1. The van der Waals surface area contributed by atoms with E-state index in [2.05, 4.69) is 17.2 Å². The van der Waals surface area contributed by atoms with Gasteiger partial charge < -0.3 is 24.4 Å². The van der Waals surface area contributed by atoms with Crippen LogP contribution in [0.5, 0.6) is 0 Å². The van der Waals surface area contributed by atoms with E-state index in [1.807, 2.05) is 55.5 Å². The monoisotopic (exact) mass is 634 g/mol. The van der Waals surface area contributed by atoms with Gasteiger partial charge in [0.2, 0.25) is 11.8 Å². The molecule has 3 aromatic rings. The lowest BCUT2D eigenvalue weighted by Gasteiger charge is -2.26. The standard InChI is InChI=1S/C34H38N2O8S/c1-27-10-14-31(15-11-27)45(39,40)44-25-24-43-23-22-42-21-20-41-19-18-35-33(37)16-17-34(38)36-26-30-8-3-2-6-28(30)12-13-29-7-4-5-9-32(29)36/h2-11,14-15H,16-26H2,1H3,(H,35,37). The SMILES string of the molecule is Cc1ccc(S(=O)(=O)OCCOCCOCCOCCNC(=O)CCC(=O)N2Cc3ccccc3C#Cc3ccccc32)cc1. The van der Waals surface area contributed by atoms with Crippen LogP contribution in [-0.2, 0) is 44.6 Å². The van der Waals surface area contributed by atoms with Crippen molar-refractivity contribution < 1.29 is 36.4 Å². The number of para-hydroxylation sites is 1. The van der Waals surface area contributed by atoms with Crippen LogP contribution in [0.3, 0.4) is 0 Å². The maximum absolute atomic E-state index is 13.2. The first kappa shape index (κ1) is 33.8. The maximum atomic E-state index is 13.2. The summed E-state index contributed by atoms with van der Waals surface area (Å²) in [6, 6.07) is 21.7. The summed E-state index contributed by atoms with van der Waals surface area (Å²) >= 11 is 0. The molecule has 45 heavy (non-hydrogen) atoms. The molecular formula is C34H38N2O8S. The van der Waals surface area contributed by atoms with Crippen LogP contribution >= 0.6 is 0 Å². The number of anilines is 1. The molecule has 0 aromatic heterocycles. The van der Waals surface area contributed by atoms with Gasteiger partial charge in [-0.25, -0.2) is 0 Å². The van der Waals surface area contributed by atoms with Crippen molar-refractivity contribution in [3.05, 3.63) is 95.1 Å². The Balaban J connectivity index is 1.03. The summed E-state index contributed by atoms with van der Waals surface area (Å²) in [7, 11) is -3.80. The fourth-order valence-electron chi connectivity index (χ4n) is 4.43. The van der Waals surface area contributed by atoms with E-state index in [0.29, 0.717) is 39.5 Å². The van der Waals surface area contributed by atoms with Crippen LogP contribution in [0.15, 0.2) is 77.7 Å². The Morgan fingerprint density at radius 1 is 0.756 bits per heavy atom. The van der Waals surface area contributed by atoms with Gasteiger partial charge in [-0.3, -0.25) is 13.8 Å². The predicted molar refractivity (Wildman–Crippen MR) is 169 cm³/mol. The molecule has 0 spiro atoms. The fraction of sp³-hybridized carbons (Fsp3) is 0.353. The highest BCUT2D eigenvalue weighted by Crippen LogP contribution is 2.26. The molecule has 10 nitrogen and oxygen atoms in total. The normalized spacial score (nSPS) is 12.2. The van der Waals surface area contributed by atoms with E-state index in [4.69, 9.17) is 18.4 Å². The summed E-state index contributed by atoms with van der Waals surface area (Å²) in [6.45, 7) is 4.19. The topological polar surface area (TPSA) is 120 Å². The Morgan fingerprint density at radius 2 is 1.36 bits per heavy atom. The van der Waals surface area contributed by atoms with Crippen molar-refractivity contribution in [3.63, 3.8) is 0 Å². The second-order valence-corrected chi connectivity index (χ2v) is 11.8. The molecule has 1 aliphatic heterocycles. The zero-order valence-corrected chi connectivity index (χ0v) is 26.1. The van der Waals surface area contributed by atoms with E-state index in [1.54, 1.807) is 17.0 Å². The number of aryl methyl sites for hydroxylation is 1. The predicted octanol–water partition coefficient (Wildman–Crippen LogP) is 3.59. The second kappa shape index (κ2) is 17.4. The summed E-state index contributed by atoms with van der Waals surface area (Å²) < 4.78 is 45.5. The minimum Gasteiger partial charge on any atom is -0.377 e. The van der Waals surface area contributed by atoms with Gasteiger partial charge >= 0.3 is 0 Å². The summed E-state index contributed by atoms with van der Waals surface area (Å²) in [5.74, 6) is 6.00. The van der Waals surface area contributed by atoms with Crippen molar-refractivity contribution in [1.82, 2.24) is 5.32 Å². The van der Waals surface area contributed by atoms with Crippen molar-refractivity contribution >= 4 is 27.6 Å². The van der Waals surface area contributed by atoms with Gasteiger partial charge in [0.1, 0.15) is 0 Å². The van der Waals surface area contributed by atoms with Crippen LogP contribution in [0.1, 0.15) is 35.1 Å². The number of carbonyl (C=O) groups excluding carboxylic acids is 2. The van der Waals surface area contributed by atoms with E-state index in [1.165, 1.54) is 12.1 Å². The van der Waals surface area contributed by atoms with Crippen molar-refractivity contribution in [2.24, 2.45) is 0 Å². The van der Waals surface area contributed by atoms with Gasteiger partial charge in [-0.15, -0.1) is 0 Å². The molecule has 0 saturated carbocycles. The first-order valence-corrected chi connectivity index (χ1v) is 16.2. The summed E-state index contributed by atoms with van der Waals surface area (Å²) in [4.78, 5) is 27.4. The van der Waals surface area contributed by atoms with Crippen molar-refractivity contribution in [2.75, 3.05) is 57.7 Å². The number of hydrogen-bond acceptors (Lipinski definition) is 8. The molecule has 0 unspecified atom stereocenters. The Labute approximate surface area is 264 Å². The van der Waals surface area contributed by atoms with Crippen molar-refractivity contribution in [2.45, 2.75) is 31.2 Å². The molecule has 0 bridgehead atoms. The van der Waals surface area contributed by atoms with Gasteiger partial charge in [0.25, 0.3) is 10.1 Å². The molecule has 0 radical (unpaired) electrons. The van der Waals surface area contributed by atoms with Gasteiger partial charge in [0.05, 0.1) is 63.4 Å². The van der Waals surface area contributed by atoms with Gasteiger partial charge in [-0.1, -0.05) is 59.9 Å². The summed E-state index contributed by atoms with van der Waals surface area (Å²) in [5, 5.41) is 2.78. The molecule has 1 heterocycles. The number of rotatable bonds is 17. The summed E-state index contributed by atoms with van der Waals surface area (Å²) in [6.07, 6.45) is 0.137. The number of hydrogen-bond donors (Lipinski definition) is 1. The lowest BCUT2D eigenvalue weighted by atomic mass is 10.0. The van der Waals surface area contributed by atoms with Crippen LogP contribution in [0.25, 0.3) is 0 Å². The second-order valence-electron chi connectivity index (χ2n) is 10.2. The van der Waals surface area contributed by atoms with Gasteiger partial charge in [0.15, 0.2) is 0 Å². The van der Waals surface area contributed by atoms with E-state index in [0.717, 1.165) is 27.9 Å². The average molecular weight is 635 g/mol. The summed E-state index contributed by atoms with van der Waals surface area (Å²) in [5.41, 5.74) is 4.32. The molecule has 238 valence electrons. The zero-order valence-electron chi connectivity index (χ0n) is 25.3. The highest BCUT2D eigenvalue weighted by molar-refractivity contribution is 7.86. The Kier molecular flexibility index (Phi) is 13.1. The number of nitrogens with zero attached hydrogens (tertiary/aromatic N) is 1. The van der Waals surface area contributed by atoms with E-state index >= 15 is 0 Å². The number of ether oxygens (including phenoxy) is 3. The van der Waals surface area contributed by atoms with Crippen LogP contribution < -0.4 is 10.2 Å².